The number of anilines is 2. The van der Waals surface area contributed by atoms with Gasteiger partial charge in [-0.1, -0.05) is 18.2 Å². The standard InChI is InChI=1S/C23H17FN4O4S2/c1-11-7-8-13(9-12(11)2)27-20(31)14(18(29)25-22(27)33)10-15-19(30)26-23(34)28(21(15)32)17-6-4-3-5-16(17)24/h3-10,14H,1-2H3,(H,25,29,33)(H,26,30,34)/b15-10-/t14-/m1/s1. The van der Waals surface area contributed by atoms with Crippen LogP contribution in [0.15, 0.2) is 54.1 Å². The Bertz CT molecular complexity index is 1340. The van der Waals surface area contributed by atoms with E-state index in [2.05, 4.69) is 10.6 Å². The average molecular weight is 497 g/mol. The van der Waals surface area contributed by atoms with Crippen LogP contribution in [0.25, 0.3) is 0 Å². The van der Waals surface area contributed by atoms with Crippen LogP contribution in [-0.2, 0) is 19.2 Å². The minimum absolute atomic E-state index is 0.124. The Kier molecular flexibility index (Phi) is 6.07. The van der Waals surface area contributed by atoms with Gasteiger partial charge in [0.15, 0.2) is 10.2 Å². The fourth-order valence-electron chi connectivity index (χ4n) is 3.54. The maximum atomic E-state index is 14.3. The SMILES string of the molecule is Cc1ccc(N2C(=O)[C@H](/C=C3/C(=O)NC(=S)N(c4ccccc4F)C3=O)C(=O)NC2=S)cc1C. The van der Waals surface area contributed by atoms with Crippen molar-refractivity contribution in [3.05, 3.63) is 71.1 Å². The average Bonchev–Trinajstić information content (AvgIpc) is 2.76. The van der Waals surface area contributed by atoms with E-state index in [9.17, 15) is 23.6 Å². The summed E-state index contributed by atoms with van der Waals surface area (Å²) < 4.78 is 14.3. The van der Waals surface area contributed by atoms with Gasteiger partial charge in [-0.2, -0.15) is 0 Å². The molecule has 0 saturated carbocycles. The van der Waals surface area contributed by atoms with Gasteiger partial charge in [-0.25, -0.2) is 9.29 Å². The fourth-order valence-corrected chi connectivity index (χ4v) is 4.11. The van der Waals surface area contributed by atoms with Crippen molar-refractivity contribution in [3.63, 3.8) is 0 Å². The normalized spacial score (nSPS) is 20.1. The fraction of sp³-hybridized carbons (Fsp3) is 0.130. The first-order valence-electron chi connectivity index (χ1n) is 10.0. The van der Waals surface area contributed by atoms with E-state index in [1.54, 1.807) is 18.2 Å². The summed E-state index contributed by atoms with van der Waals surface area (Å²) >= 11 is 10.2. The molecular formula is C23H17FN4O4S2. The van der Waals surface area contributed by atoms with Crippen molar-refractivity contribution in [1.82, 2.24) is 10.6 Å². The Morgan fingerprint density at radius 3 is 2.26 bits per heavy atom. The van der Waals surface area contributed by atoms with Gasteiger partial charge in [0.05, 0.1) is 11.4 Å². The molecule has 0 aliphatic carbocycles. The molecule has 34 heavy (non-hydrogen) atoms. The largest absolute Gasteiger partial charge is 0.301 e. The molecule has 2 N–H and O–H groups in total. The number of thiocarbonyl (C=S) groups is 2. The molecule has 8 nitrogen and oxygen atoms in total. The quantitative estimate of drug-likeness (QED) is 0.293. The van der Waals surface area contributed by atoms with E-state index in [0.29, 0.717) is 5.69 Å². The van der Waals surface area contributed by atoms with Gasteiger partial charge in [0.1, 0.15) is 17.3 Å². The molecule has 4 amide bonds. The van der Waals surface area contributed by atoms with Gasteiger partial charge in [-0.3, -0.25) is 29.4 Å². The summed E-state index contributed by atoms with van der Waals surface area (Å²) in [6, 6.07) is 10.6. The number of nitrogens with zero attached hydrogens (tertiary/aromatic N) is 2. The first kappa shape index (κ1) is 23.3. The van der Waals surface area contributed by atoms with Gasteiger partial charge in [-0.15, -0.1) is 0 Å². The van der Waals surface area contributed by atoms with Crippen LogP contribution in [-0.4, -0.2) is 33.9 Å². The summed E-state index contributed by atoms with van der Waals surface area (Å²) in [6.07, 6.45) is 0.945. The summed E-state index contributed by atoms with van der Waals surface area (Å²) in [5.41, 5.74) is 1.61. The zero-order chi connectivity index (χ0) is 24.7. The summed E-state index contributed by atoms with van der Waals surface area (Å²) in [5, 5.41) is 4.29. The van der Waals surface area contributed by atoms with Crippen molar-refractivity contribution < 1.29 is 23.6 Å². The van der Waals surface area contributed by atoms with E-state index in [0.717, 1.165) is 33.1 Å². The number of hydrogen-bond acceptors (Lipinski definition) is 6. The van der Waals surface area contributed by atoms with Gasteiger partial charge >= 0.3 is 0 Å². The molecule has 1 atom stereocenters. The molecule has 2 aliphatic rings. The maximum Gasteiger partial charge on any atom is 0.270 e. The smallest absolute Gasteiger partial charge is 0.270 e. The van der Waals surface area contributed by atoms with Crippen molar-refractivity contribution in [1.29, 1.82) is 0 Å². The molecule has 2 heterocycles. The molecule has 11 heteroatoms. The highest BCUT2D eigenvalue weighted by molar-refractivity contribution is 7.80. The zero-order valence-electron chi connectivity index (χ0n) is 17.9. The summed E-state index contributed by atoms with van der Waals surface area (Å²) in [7, 11) is 0. The number of carbonyl (C=O) groups is 4. The van der Waals surface area contributed by atoms with Crippen molar-refractivity contribution in [2.75, 3.05) is 9.80 Å². The second kappa shape index (κ2) is 8.84. The second-order valence-corrected chi connectivity index (χ2v) is 8.42. The highest BCUT2D eigenvalue weighted by atomic mass is 32.1. The molecule has 2 aromatic carbocycles. The zero-order valence-corrected chi connectivity index (χ0v) is 19.6. The lowest BCUT2D eigenvalue weighted by Gasteiger charge is -2.33. The summed E-state index contributed by atoms with van der Waals surface area (Å²) in [4.78, 5) is 53.6. The lowest BCUT2D eigenvalue weighted by atomic mass is 9.98. The van der Waals surface area contributed by atoms with Gasteiger partial charge in [0.2, 0.25) is 11.8 Å². The summed E-state index contributed by atoms with van der Waals surface area (Å²) in [5.74, 6) is -5.69. The van der Waals surface area contributed by atoms with E-state index in [4.69, 9.17) is 24.4 Å². The van der Waals surface area contributed by atoms with Crippen LogP contribution in [0.3, 0.4) is 0 Å². The Hall–Kier alpha value is -3.83. The van der Waals surface area contributed by atoms with Gasteiger partial charge < -0.3 is 5.32 Å². The Balaban J connectivity index is 1.73. The van der Waals surface area contributed by atoms with Crippen LogP contribution >= 0.6 is 24.4 Å². The van der Waals surface area contributed by atoms with Crippen LogP contribution in [0, 0.1) is 25.6 Å². The van der Waals surface area contributed by atoms with Gasteiger partial charge in [-0.05, 0) is 79.8 Å². The Morgan fingerprint density at radius 2 is 1.59 bits per heavy atom. The molecule has 2 aromatic rings. The molecule has 0 aromatic heterocycles. The number of nitrogens with one attached hydrogen (secondary N) is 2. The molecule has 0 spiro atoms. The lowest BCUT2D eigenvalue weighted by Crippen LogP contribution is -2.59. The molecule has 0 unspecified atom stereocenters. The molecule has 4 rings (SSSR count). The van der Waals surface area contributed by atoms with Crippen LogP contribution in [0.1, 0.15) is 11.1 Å². The van der Waals surface area contributed by atoms with E-state index < -0.39 is 40.9 Å². The number of para-hydroxylation sites is 1. The monoisotopic (exact) mass is 496 g/mol. The molecule has 2 saturated heterocycles. The third-order valence-electron chi connectivity index (χ3n) is 5.48. The number of carbonyl (C=O) groups excluding carboxylic acids is 4. The predicted octanol–water partition coefficient (Wildman–Crippen LogP) is 2.18. The van der Waals surface area contributed by atoms with Crippen molar-refractivity contribution in [3.8, 4) is 0 Å². The molecule has 2 fully saturated rings. The third kappa shape index (κ3) is 3.99. The number of hydrogen-bond donors (Lipinski definition) is 2. The van der Waals surface area contributed by atoms with E-state index >= 15 is 0 Å². The van der Waals surface area contributed by atoms with Crippen LogP contribution in [0.5, 0.6) is 0 Å². The highest BCUT2D eigenvalue weighted by Gasteiger charge is 2.42. The van der Waals surface area contributed by atoms with Crippen LogP contribution < -0.4 is 20.4 Å². The number of halogens is 1. The third-order valence-corrected chi connectivity index (χ3v) is 6.05. The maximum absolute atomic E-state index is 14.3. The van der Waals surface area contributed by atoms with Crippen molar-refractivity contribution in [2.24, 2.45) is 5.92 Å². The molecule has 2 aliphatic heterocycles. The number of aryl methyl sites for hydroxylation is 2. The molecule has 0 radical (unpaired) electrons. The van der Waals surface area contributed by atoms with Crippen LogP contribution in [0.4, 0.5) is 15.8 Å². The minimum atomic E-state index is -1.54. The van der Waals surface area contributed by atoms with Gasteiger partial charge in [0, 0.05) is 0 Å². The van der Waals surface area contributed by atoms with Crippen LogP contribution in [0.2, 0.25) is 0 Å². The van der Waals surface area contributed by atoms with E-state index in [1.807, 2.05) is 13.8 Å². The molecule has 172 valence electrons. The highest BCUT2D eigenvalue weighted by Crippen LogP contribution is 2.27. The number of rotatable bonds is 3. The Labute approximate surface area is 204 Å². The summed E-state index contributed by atoms with van der Waals surface area (Å²) in [6.45, 7) is 3.77. The number of amides is 4. The van der Waals surface area contributed by atoms with E-state index in [-0.39, 0.29) is 15.9 Å². The van der Waals surface area contributed by atoms with Gasteiger partial charge in [0.25, 0.3) is 11.8 Å². The van der Waals surface area contributed by atoms with E-state index in [1.165, 1.54) is 18.2 Å². The topological polar surface area (TPSA) is 98.8 Å². The lowest BCUT2D eigenvalue weighted by molar-refractivity contribution is -0.131. The van der Waals surface area contributed by atoms with Crippen molar-refractivity contribution in [2.45, 2.75) is 13.8 Å². The first-order chi connectivity index (χ1) is 16.1. The number of benzene rings is 2. The molecule has 0 bridgehead atoms. The molecular weight excluding hydrogens is 479 g/mol. The minimum Gasteiger partial charge on any atom is -0.301 e. The second-order valence-electron chi connectivity index (χ2n) is 7.65. The predicted molar refractivity (Wildman–Crippen MR) is 130 cm³/mol. The first-order valence-corrected chi connectivity index (χ1v) is 10.8. The Morgan fingerprint density at radius 1 is 0.912 bits per heavy atom. The van der Waals surface area contributed by atoms with Crippen molar-refractivity contribution >= 4 is 69.7 Å².